The second-order valence-electron chi connectivity index (χ2n) is 16.5. The Morgan fingerprint density at radius 1 is 0.895 bits per heavy atom. The lowest BCUT2D eigenvalue weighted by Gasteiger charge is -2.37. The zero-order valence-electron chi connectivity index (χ0n) is 35.1. The summed E-state index contributed by atoms with van der Waals surface area (Å²) >= 11 is 0. The molecule has 0 saturated carbocycles. The number of rotatable bonds is 9. The number of nitrogens with zero attached hydrogens (tertiary/aromatic N) is 2. The van der Waals surface area contributed by atoms with Gasteiger partial charge in [0.1, 0.15) is 36.8 Å². The van der Waals surface area contributed by atoms with Crippen molar-refractivity contribution in [2.75, 3.05) is 20.1 Å². The van der Waals surface area contributed by atoms with Crippen LogP contribution in [0.15, 0.2) is 30.3 Å². The van der Waals surface area contributed by atoms with Gasteiger partial charge in [-0.3, -0.25) is 28.8 Å². The van der Waals surface area contributed by atoms with Gasteiger partial charge >= 0.3 is 11.9 Å². The molecule has 0 aromatic heterocycles. The molecule has 1 aromatic carbocycles. The van der Waals surface area contributed by atoms with Crippen LogP contribution in [0.25, 0.3) is 0 Å². The normalized spacial score (nSPS) is 26.6. The van der Waals surface area contributed by atoms with Gasteiger partial charge in [-0.1, -0.05) is 71.9 Å². The van der Waals surface area contributed by atoms with E-state index in [2.05, 4.69) is 21.9 Å². The largest absolute Gasteiger partial charge is 0.460 e. The molecular formula is C43H63N5O9. The van der Waals surface area contributed by atoms with Gasteiger partial charge < -0.3 is 35.2 Å². The molecule has 0 spiro atoms. The Labute approximate surface area is 337 Å². The topological polar surface area (TPSA) is 181 Å². The fourth-order valence-electron chi connectivity index (χ4n) is 7.08. The molecule has 14 heteroatoms. The van der Waals surface area contributed by atoms with Crippen LogP contribution in [0.3, 0.4) is 0 Å². The van der Waals surface area contributed by atoms with E-state index >= 15 is 0 Å². The lowest BCUT2D eigenvalue weighted by molar-refractivity contribution is -0.170. The molecule has 314 valence electrons. The number of carbonyl (C=O) groups excluding carboxylic acids is 7. The minimum Gasteiger partial charge on any atom is -0.460 e. The van der Waals surface area contributed by atoms with Crippen LogP contribution < -0.4 is 16.0 Å². The van der Waals surface area contributed by atoms with Gasteiger partial charge in [-0.25, -0.2) is 4.79 Å². The van der Waals surface area contributed by atoms with E-state index in [1.54, 1.807) is 48.5 Å². The highest BCUT2D eigenvalue weighted by atomic mass is 16.6. The predicted octanol–water partition coefficient (Wildman–Crippen LogP) is 3.16. The molecule has 5 amide bonds. The fourth-order valence-corrected chi connectivity index (χ4v) is 7.08. The monoisotopic (exact) mass is 793 g/mol. The number of carbonyl (C=O) groups is 7. The number of amides is 5. The Morgan fingerprint density at radius 2 is 1.54 bits per heavy atom. The number of likely N-dealkylation sites (N-methyl/N-ethyl adjacent to an activating group) is 1. The first-order valence-electron chi connectivity index (χ1n) is 20.2. The SMILES string of the molecule is C#CCCCC1OC(=O)CNC(=O)C(C(C)C)NC(=O)C2CCCN2C(=O)C(C(C)CC)OC(=O)C(Cc2ccccc2)N(C)C(=O)C(C(C)C)NC(=O)C1(C)C. The Balaban J connectivity index is 2.15. The molecule has 0 bridgehead atoms. The van der Waals surface area contributed by atoms with Gasteiger partial charge in [0.15, 0.2) is 6.10 Å². The third-order valence-electron chi connectivity index (χ3n) is 11.2. The van der Waals surface area contributed by atoms with Crippen LogP contribution in [-0.4, -0.2) is 108 Å². The summed E-state index contributed by atoms with van der Waals surface area (Å²) in [4.78, 5) is 101. The number of esters is 2. The van der Waals surface area contributed by atoms with Crippen LogP contribution >= 0.6 is 0 Å². The second kappa shape index (κ2) is 21.0. The average Bonchev–Trinajstić information content (AvgIpc) is 3.67. The second-order valence-corrected chi connectivity index (χ2v) is 16.5. The molecule has 3 rings (SSSR count). The molecule has 3 N–H and O–H groups in total. The van der Waals surface area contributed by atoms with E-state index in [0.29, 0.717) is 32.1 Å². The maximum atomic E-state index is 14.4. The highest BCUT2D eigenvalue weighted by Crippen LogP contribution is 2.30. The van der Waals surface area contributed by atoms with E-state index < -0.39 is 108 Å². The molecule has 57 heavy (non-hydrogen) atoms. The molecule has 1 aromatic rings. The molecule has 0 aliphatic carbocycles. The Kier molecular flexibility index (Phi) is 17.1. The van der Waals surface area contributed by atoms with Gasteiger partial charge in [-0.05, 0) is 63.4 Å². The molecular weight excluding hydrogens is 730 g/mol. The minimum absolute atomic E-state index is 0.0498. The van der Waals surface area contributed by atoms with E-state index in [1.807, 2.05) is 37.3 Å². The first-order chi connectivity index (χ1) is 26.8. The number of cyclic esters (lactones) is 2. The predicted molar refractivity (Wildman–Crippen MR) is 214 cm³/mol. The van der Waals surface area contributed by atoms with Crippen molar-refractivity contribution in [3.8, 4) is 12.3 Å². The van der Waals surface area contributed by atoms with Gasteiger partial charge in [0, 0.05) is 32.4 Å². The van der Waals surface area contributed by atoms with Crippen molar-refractivity contribution in [1.82, 2.24) is 25.8 Å². The number of hydrogen-bond donors (Lipinski definition) is 3. The summed E-state index contributed by atoms with van der Waals surface area (Å²) in [6.45, 7) is 13.5. The minimum atomic E-state index is -1.38. The lowest BCUT2D eigenvalue weighted by atomic mass is 9.82. The third kappa shape index (κ3) is 12.0. The molecule has 2 saturated heterocycles. The molecule has 2 heterocycles. The van der Waals surface area contributed by atoms with Crippen molar-refractivity contribution >= 4 is 41.5 Å². The number of hydrogen-bond acceptors (Lipinski definition) is 9. The molecule has 2 fully saturated rings. The van der Waals surface area contributed by atoms with E-state index in [4.69, 9.17) is 15.9 Å². The zero-order valence-corrected chi connectivity index (χ0v) is 35.1. The van der Waals surface area contributed by atoms with Crippen LogP contribution in [0, 0.1) is 35.5 Å². The van der Waals surface area contributed by atoms with Crippen molar-refractivity contribution in [2.24, 2.45) is 23.2 Å². The Morgan fingerprint density at radius 3 is 2.14 bits per heavy atom. The van der Waals surface area contributed by atoms with Gasteiger partial charge in [-0.2, -0.15) is 0 Å². The zero-order chi connectivity index (χ0) is 42.6. The number of benzene rings is 1. The standard InChI is InChI=1S/C43H63N5O9/c1-11-13-15-22-32-43(8,9)42(55)46-35(27(5)6)39(52)47(10)31(24-29-19-16-14-17-20-29)41(54)57-36(28(7)12-2)40(53)48-23-18-21-30(48)37(50)45-34(26(3)4)38(51)44-25-33(49)56-32/h1,14,16-17,19-20,26-28,30-32,34-36H,12-13,15,18,21-25H2,2-10H3,(H,44,51)(H,45,50)(H,46,55). The Bertz CT molecular complexity index is 1640. The summed E-state index contributed by atoms with van der Waals surface area (Å²) in [5, 5.41) is 8.21. The molecule has 0 radical (unpaired) electrons. The number of terminal acetylenes is 1. The highest BCUT2D eigenvalue weighted by molar-refractivity contribution is 5.96. The van der Waals surface area contributed by atoms with Crippen LogP contribution in [0.1, 0.15) is 99.5 Å². The highest BCUT2D eigenvalue weighted by Gasteiger charge is 2.45. The van der Waals surface area contributed by atoms with Crippen molar-refractivity contribution in [3.63, 3.8) is 0 Å². The summed E-state index contributed by atoms with van der Waals surface area (Å²) in [6.07, 6.45) is 5.56. The quantitative estimate of drug-likeness (QED) is 0.192. The number of nitrogens with one attached hydrogen (secondary N) is 3. The number of ether oxygens (including phenoxy) is 2. The van der Waals surface area contributed by atoms with Crippen molar-refractivity contribution in [1.29, 1.82) is 0 Å². The summed E-state index contributed by atoms with van der Waals surface area (Å²) in [5.41, 5.74) is -0.652. The summed E-state index contributed by atoms with van der Waals surface area (Å²) < 4.78 is 11.9. The van der Waals surface area contributed by atoms with Gasteiger partial charge in [-0.15, -0.1) is 12.3 Å². The van der Waals surface area contributed by atoms with Gasteiger partial charge in [0.05, 0.1) is 5.41 Å². The van der Waals surface area contributed by atoms with Crippen molar-refractivity contribution < 1.29 is 43.0 Å². The summed E-state index contributed by atoms with van der Waals surface area (Å²) in [6, 6.07) is 4.75. The summed E-state index contributed by atoms with van der Waals surface area (Å²) in [7, 11) is 1.47. The van der Waals surface area contributed by atoms with E-state index in [1.165, 1.54) is 16.8 Å². The first kappa shape index (κ1) is 46.5. The molecule has 2 aliphatic heterocycles. The van der Waals surface area contributed by atoms with Gasteiger partial charge in [0.25, 0.3) is 5.91 Å². The maximum absolute atomic E-state index is 14.4. The van der Waals surface area contributed by atoms with E-state index in [9.17, 15) is 33.6 Å². The average molecular weight is 794 g/mol. The molecule has 2 aliphatic rings. The smallest absolute Gasteiger partial charge is 0.329 e. The van der Waals surface area contributed by atoms with E-state index in [0.717, 1.165) is 5.56 Å². The maximum Gasteiger partial charge on any atom is 0.329 e. The van der Waals surface area contributed by atoms with Crippen LogP contribution in [0.2, 0.25) is 0 Å². The first-order valence-corrected chi connectivity index (χ1v) is 20.2. The molecule has 7 atom stereocenters. The van der Waals surface area contributed by atoms with Gasteiger partial charge in [0.2, 0.25) is 23.6 Å². The fraction of sp³-hybridized carbons (Fsp3) is 0.651. The summed E-state index contributed by atoms with van der Waals surface area (Å²) in [5.74, 6) is -3.27. The van der Waals surface area contributed by atoms with Crippen LogP contribution in [0.5, 0.6) is 0 Å². The van der Waals surface area contributed by atoms with E-state index in [-0.39, 0.29) is 19.4 Å². The molecule has 7 unspecified atom stereocenters. The third-order valence-corrected chi connectivity index (χ3v) is 11.2. The lowest BCUT2D eigenvalue weighted by Crippen LogP contribution is -2.59. The number of fused-ring (bicyclic) bond motifs is 1. The van der Waals surface area contributed by atoms with Crippen LogP contribution in [0.4, 0.5) is 0 Å². The molecule has 14 nitrogen and oxygen atoms in total. The van der Waals surface area contributed by atoms with Crippen molar-refractivity contribution in [3.05, 3.63) is 35.9 Å². The van der Waals surface area contributed by atoms with Crippen LogP contribution in [-0.2, 0) is 49.5 Å². The Hall–Kier alpha value is -4.93. The van der Waals surface area contributed by atoms with Crippen molar-refractivity contribution in [2.45, 2.75) is 137 Å². The number of unbranched alkanes of at least 4 members (excludes halogenated alkanes) is 1.